The number of piperidine rings is 1. The van der Waals surface area contributed by atoms with E-state index in [4.69, 9.17) is 10.5 Å². The molecule has 0 spiro atoms. The zero-order valence-electron chi connectivity index (χ0n) is 12.4. The van der Waals surface area contributed by atoms with Crippen LogP contribution in [-0.2, 0) is 9.53 Å². The van der Waals surface area contributed by atoms with Crippen molar-refractivity contribution in [1.29, 1.82) is 0 Å². The molecule has 1 fully saturated rings. The first-order valence-corrected chi connectivity index (χ1v) is 7.38. The second-order valence-corrected chi connectivity index (χ2v) is 5.37. The van der Waals surface area contributed by atoms with Crippen LogP contribution in [-0.4, -0.2) is 42.9 Å². The number of nitrogen functional groups attached to an aromatic ring is 1. The number of Topliss-reactive ketones (excluding diaryl/α,β-unsaturated/α-hetero) is 1. The van der Waals surface area contributed by atoms with Gasteiger partial charge in [-0.25, -0.2) is 0 Å². The number of nitrogens with zero attached hydrogens (tertiary/aromatic N) is 1. The van der Waals surface area contributed by atoms with Gasteiger partial charge in [-0.1, -0.05) is 0 Å². The Morgan fingerprint density at radius 3 is 2.71 bits per heavy atom. The Balaban J connectivity index is 1.91. The number of hydrogen-bond donors (Lipinski definition) is 1. The van der Waals surface area contributed by atoms with Crippen LogP contribution in [0.5, 0.6) is 0 Å². The van der Waals surface area contributed by atoms with Gasteiger partial charge in [0.05, 0.1) is 19.1 Å². The number of esters is 1. The SMILES string of the molecule is CCOC(=O)C1CCCN(CC(=O)c2ccc(N)cc2)C1. The van der Waals surface area contributed by atoms with Gasteiger partial charge in [-0.3, -0.25) is 14.5 Å². The molecule has 0 aromatic heterocycles. The minimum atomic E-state index is -0.151. The summed E-state index contributed by atoms with van der Waals surface area (Å²) in [5.41, 5.74) is 6.92. The average molecular weight is 290 g/mol. The second kappa shape index (κ2) is 7.22. The van der Waals surface area contributed by atoms with Crippen LogP contribution in [0.2, 0.25) is 0 Å². The van der Waals surface area contributed by atoms with E-state index in [1.807, 2.05) is 11.8 Å². The first-order chi connectivity index (χ1) is 10.1. The van der Waals surface area contributed by atoms with E-state index in [1.54, 1.807) is 24.3 Å². The molecule has 5 nitrogen and oxygen atoms in total. The summed E-state index contributed by atoms with van der Waals surface area (Å²) < 4.78 is 5.07. The molecule has 21 heavy (non-hydrogen) atoms. The van der Waals surface area contributed by atoms with Crippen molar-refractivity contribution in [3.63, 3.8) is 0 Å². The lowest BCUT2D eigenvalue weighted by Crippen LogP contribution is -2.41. The third-order valence-electron chi connectivity index (χ3n) is 3.73. The minimum Gasteiger partial charge on any atom is -0.466 e. The van der Waals surface area contributed by atoms with Gasteiger partial charge in [0.15, 0.2) is 5.78 Å². The van der Waals surface area contributed by atoms with Crippen LogP contribution in [0.4, 0.5) is 5.69 Å². The zero-order valence-corrected chi connectivity index (χ0v) is 12.4. The van der Waals surface area contributed by atoms with Crippen LogP contribution in [0.1, 0.15) is 30.1 Å². The van der Waals surface area contributed by atoms with Gasteiger partial charge < -0.3 is 10.5 Å². The summed E-state index contributed by atoms with van der Waals surface area (Å²) in [6.07, 6.45) is 1.75. The Kier molecular flexibility index (Phi) is 5.33. The number of carbonyl (C=O) groups is 2. The summed E-state index contributed by atoms with van der Waals surface area (Å²) in [6.45, 7) is 3.98. The minimum absolute atomic E-state index is 0.0551. The predicted molar refractivity (Wildman–Crippen MR) is 81.0 cm³/mol. The van der Waals surface area contributed by atoms with Crippen LogP contribution >= 0.6 is 0 Å². The van der Waals surface area contributed by atoms with Crippen molar-refractivity contribution in [2.75, 3.05) is 32.0 Å². The van der Waals surface area contributed by atoms with Gasteiger partial charge in [0.25, 0.3) is 0 Å². The fourth-order valence-corrected chi connectivity index (χ4v) is 2.62. The van der Waals surface area contributed by atoms with Gasteiger partial charge in [-0.15, -0.1) is 0 Å². The van der Waals surface area contributed by atoms with Gasteiger partial charge in [-0.2, -0.15) is 0 Å². The molecule has 5 heteroatoms. The first kappa shape index (κ1) is 15.5. The average Bonchev–Trinajstić information content (AvgIpc) is 2.48. The van der Waals surface area contributed by atoms with Crippen LogP contribution in [0.3, 0.4) is 0 Å². The maximum absolute atomic E-state index is 12.2. The lowest BCUT2D eigenvalue weighted by atomic mass is 9.97. The maximum atomic E-state index is 12.2. The quantitative estimate of drug-likeness (QED) is 0.508. The number of likely N-dealkylation sites (tertiary alicyclic amines) is 1. The van der Waals surface area contributed by atoms with E-state index in [9.17, 15) is 9.59 Å². The molecule has 1 heterocycles. The molecule has 1 aliphatic heterocycles. The van der Waals surface area contributed by atoms with E-state index in [0.717, 1.165) is 19.4 Å². The highest BCUT2D eigenvalue weighted by atomic mass is 16.5. The molecule has 1 unspecified atom stereocenters. The predicted octanol–water partition coefficient (Wildman–Crippen LogP) is 1.73. The van der Waals surface area contributed by atoms with Crippen LogP contribution in [0.15, 0.2) is 24.3 Å². The van der Waals surface area contributed by atoms with Gasteiger partial charge in [0, 0.05) is 17.8 Å². The summed E-state index contributed by atoms with van der Waals surface area (Å²) >= 11 is 0. The maximum Gasteiger partial charge on any atom is 0.310 e. The summed E-state index contributed by atoms with van der Waals surface area (Å²) in [6, 6.07) is 6.94. The van der Waals surface area contributed by atoms with Gasteiger partial charge in [0.2, 0.25) is 0 Å². The molecule has 1 aliphatic rings. The number of hydrogen-bond acceptors (Lipinski definition) is 5. The van der Waals surface area contributed by atoms with Crippen molar-refractivity contribution in [3.8, 4) is 0 Å². The Bertz CT molecular complexity index is 499. The van der Waals surface area contributed by atoms with Crippen molar-refractivity contribution in [2.45, 2.75) is 19.8 Å². The van der Waals surface area contributed by atoms with Crippen LogP contribution < -0.4 is 5.73 Å². The molecule has 1 atom stereocenters. The largest absolute Gasteiger partial charge is 0.466 e. The number of rotatable bonds is 5. The molecule has 0 saturated carbocycles. The monoisotopic (exact) mass is 290 g/mol. The molecule has 0 bridgehead atoms. The Hall–Kier alpha value is -1.88. The number of anilines is 1. The molecule has 0 aliphatic carbocycles. The molecule has 1 aromatic rings. The lowest BCUT2D eigenvalue weighted by molar-refractivity contribution is -0.149. The Morgan fingerprint density at radius 1 is 1.33 bits per heavy atom. The normalized spacial score (nSPS) is 19.2. The van der Waals surface area contributed by atoms with E-state index >= 15 is 0 Å². The standard InChI is InChI=1S/C16H22N2O3/c1-2-21-16(20)13-4-3-9-18(10-13)11-15(19)12-5-7-14(17)8-6-12/h5-8,13H,2-4,9-11,17H2,1H3. The zero-order chi connectivity index (χ0) is 15.2. The molecular formula is C16H22N2O3. The third-order valence-corrected chi connectivity index (χ3v) is 3.73. The van der Waals surface area contributed by atoms with Crippen molar-refractivity contribution in [2.24, 2.45) is 5.92 Å². The van der Waals surface area contributed by atoms with E-state index in [-0.39, 0.29) is 17.7 Å². The van der Waals surface area contributed by atoms with Gasteiger partial charge in [0.1, 0.15) is 0 Å². The molecule has 2 N–H and O–H groups in total. The fourth-order valence-electron chi connectivity index (χ4n) is 2.62. The Labute approximate surface area is 125 Å². The van der Waals surface area contributed by atoms with Crippen molar-refractivity contribution >= 4 is 17.4 Å². The van der Waals surface area contributed by atoms with Crippen molar-refractivity contribution < 1.29 is 14.3 Å². The van der Waals surface area contributed by atoms with Crippen LogP contribution in [0.25, 0.3) is 0 Å². The topological polar surface area (TPSA) is 72.6 Å². The summed E-state index contributed by atoms with van der Waals surface area (Å²) in [7, 11) is 0. The second-order valence-electron chi connectivity index (χ2n) is 5.37. The molecule has 114 valence electrons. The Morgan fingerprint density at radius 2 is 2.05 bits per heavy atom. The summed E-state index contributed by atoms with van der Waals surface area (Å²) in [5, 5.41) is 0. The van der Waals surface area contributed by atoms with E-state index in [2.05, 4.69) is 0 Å². The molecule has 1 aromatic carbocycles. The van der Waals surface area contributed by atoms with Crippen LogP contribution in [0, 0.1) is 5.92 Å². The number of ketones is 1. The van der Waals surface area contributed by atoms with E-state index in [0.29, 0.717) is 30.9 Å². The fraction of sp³-hybridized carbons (Fsp3) is 0.500. The third kappa shape index (κ3) is 4.29. The van der Waals surface area contributed by atoms with Crippen molar-refractivity contribution in [1.82, 2.24) is 4.90 Å². The molecular weight excluding hydrogens is 268 g/mol. The lowest BCUT2D eigenvalue weighted by Gasteiger charge is -2.30. The number of carbonyl (C=O) groups excluding carboxylic acids is 2. The summed E-state index contributed by atoms with van der Waals surface area (Å²) in [4.78, 5) is 26.0. The first-order valence-electron chi connectivity index (χ1n) is 7.38. The number of benzene rings is 1. The smallest absolute Gasteiger partial charge is 0.310 e. The van der Waals surface area contributed by atoms with Gasteiger partial charge in [-0.05, 0) is 50.6 Å². The number of ether oxygens (including phenoxy) is 1. The number of nitrogens with two attached hydrogens (primary N) is 1. The highest BCUT2D eigenvalue weighted by Gasteiger charge is 2.27. The van der Waals surface area contributed by atoms with E-state index < -0.39 is 0 Å². The summed E-state index contributed by atoms with van der Waals surface area (Å²) in [5.74, 6) is -0.209. The van der Waals surface area contributed by atoms with E-state index in [1.165, 1.54) is 0 Å². The molecule has 2 rings (SSSR count). The highest BCUT2D eigenvalue weighted by Crippen LogP contribution is 2.18. The van der Waals surface area contributed by atoms with Crippen molar-refractivity contribution in [3.05, 3.63) is 29.8 Å². The highest BCUT2D eigenvalue weighted by molar-refractivity contribution is 5.97. The molecule has 0 radical (unpaired) electrons. The molecule has 0 amide bonds. The van der Waals surface area contributed by atoms with Gasteiger partial charge >= 0.3 is 5.97 Å². The molecule has 1 saturated heterocycles.